The lowest BCUT2D eigenvalue weighted by Crippen LogP contribution is -2.49. The number of nitrogens with one attached hydrogen (secondary N) is 1. The summed E-state index contributed by atoms with van der Waals surface area (Å²) < 4.78 is 5.30. The third kappa shape index (κ3) is 19.5. The van der Waals surface area contributed by atoms with Gasteiger partial charge in [0.15, 0.2) is 0 Å². The zero-order valence-electron chi connectivity index (χ0n) is 20.8. The van der Waals surface area contributed by atoms with E-state index < -0.39 is 29.9 Å². The molecule has 0 fully saturated rings. The number of carbonyl (C=O) groups is 3. The normalized spacial score (nSPS) is 12.8. The fraction of sp³-hybridized carbons (Fsp3) is 0.880. The fourth-order valence-corrected chi connectivity index (χ4v) is 3.65. The topological polar surface area (TPSA) is 145 Å². The van der Waals surface area contributed by atoms with E-state index in [1.165, 1.54) is 57.8 Å². The highest BCUT2D eigenvalue weighted by Crippen LogP contribution is 2.12. The third-order valence-corrected chi connectivity index (χ3v) is 5.80. The van der Waals surface area contributed by atoms with Crippen LogP contribution in [0.5, 0.6) is 0 Å². The number of carboxylic acid groups (broad SMARTS) is 1. The second-order valence-electron chi connectivity index (χ2n) is 8.94. The summed E-state index contributed by atoms with van der Waals surface area (Å²) in [6.45, 7) is 3.04. The molecule has 0 saturated carbocycles. The summed E-state index contributed by atoms with van der Waals surface area (Å²) in [5.74, 6) is -2.10. The van der Waals surface area contributed by atoms with E-state index in [9.17, 15) is 14.4 Å². The summed E-state index contributed by atoms with van der Waals surface area (Å²) in [7, 11) is 0. The van der Waals surface area contributed by atoms with Gasteiger partial charge in [0.25, 0.3) is 0 Å². The maximum atomic E-state index is 12.4. The number of ether oxygens (including phenoxy) is 1. The number of esters is 1. The van der Waals surface area contributed by atoms with Crippen LogP contribution >= 0.6 is 0 Å². The van der Waals surface area contributed by atoms with Crippen LogP contribution in [0, 0.1) is 0 Å². The quantitative estimate of drug-likeness (QED) is 0.130. The second-order valence-corrected chi connectivity index (χ2v) is 8.94. The summed E-state index contributed by atoms with van der Waals surface area (Å²) in [6.07, 6.45) is 16.3. The number of rotatable bonds is 23. The van der Waals surface area contributed by atoms with E-state index in [0.717, 1.165) is 25.7 Å². The van der Waals surface area contributed by atoms with Crippen LogP contribution in [-0.4, -0.2) is 48.2 Å². The predicted molar refractivity (Wildman–Crippen MR) is 132 cm³/mol. The molecular formula is C25H49N3O5. The maximum Gasteiger partial charge on any atom is 0.328 e. The van der Waals surface area contributed by atoms with E-state index in [1.54, 1.807) is 0 Å². The number of unbranched alkanes of at least 4 members (excludes halogenated alkanes) is 12. The van der Waals surface area contributed by atoms with Gasteiger partial charge in [0.1, 0.15) is 6.04 Å². The number of hydrogen-bond acceptors (Lipinski definition) is 6. The smallest absolute Gasteiger partial charge is 0.328 e. The van der Waals surface area contributed by atoms with Gasteiger partial charge in [0, 0.05) is 6.42 Å². The van der Waals surface area contributed by atoms with Crippen molar-refractivity contribution in [3.05, 3.63) is 0 Å². The van der Waals surface area contributed by atoms with Crippen LogP contribution in [0.4, 0.5) is 0 Å². The minimum atomic E-state index is -1.03. The lowest BCUT2D eigenvalue weighted by Gasteiger charge is -2.19. The van der Waals surface area contributed by atoms with Crippen LogP contribution in [0.3, 0.4) is 0 Å². The Morgan fingerprint density at radius 3 is 1.88 bits per heavy atom. The van der Waals surface area contributed by atoms with Gasteiger partial charge in [-0.05, 0) is 32.2 Å². The number of aliphatic carboxylic acids is 1. The highest BCUT2D eigenvalue weighted by atomic mass is 16.5. The van der Waals surface area contributed by atoms with E-state index in [1.807, 2.05) is 0 Å². The molecule has 0 radical (unpaired) electrons. The molecule has 0 bridgehead atoms. The van der Waals surface area contributed by atoms with Crippen molar-refractivity contribution in [2.24, 2.45) is 11.5 Å². The Balaban J connectivity index is 4.04. The van der Waals surface area contributed by atoms with E-state index in [0.29, 0.717) is 19.4 Å². The van der Waals surface area contributed by atoms with E-state index in [-0.39, 0.29) is 19.4 Å². The van der Waals surface area contributed by atoms with Crippen LogP contribution in [-0.2, 0) is 19.1 Å². The molecule has 1 amide bonds. The molecule has 33 heavy (non-hydrogen) atoms. The molecular weight excluding hydrogens is 422 g/mol. The summed E-state index contributed by atoms with van der Waals surface area (Å²) in [5.41, 5.74) is 11.3. The molecule has 0 aliphatic carbocycles. The van der Waals surface area contributed by atoms with Crippen molar-refractivity contribution in [3.8, 4) is 0 Å². The SMILES string of the molecule is CCCCCCCCCCCCCCOC(=O)C(CCC(=O)O)NC(=O)C(N)CCCCN. The lowest BCUT2D eigenvalue weighted by molar-refractivity contribution is -0.148. The average molecular weight is 472 g/mol. The fourth-order valence-electron chi connectivity index (χ4n) is 3.65. The number of carbonyl (C=O) groups excluding carboxylic acids is 2. The van der Waals surface area contributed by atoms with Gasteiger partial charge < -0.3 is 26.6 Å². The zero-order chi connectivity index (χ0) is 24.7. The van der Waals surface area contributed by atoms with Crippen molar-refractivity contribution >= 4 is 17.8 Å². The Hall–Kier alpha value is -1.67. The molecule has 0 aliphatic rings. The first kappa shape index (κ1) is 31.3. The Bertz CT molecular complexity index is 516. The molecule has 0 aromatic rings. The van der Waals surface area contributed by atoms with Crippen LogP contribution in [0.25, 0.3) is 0 Å². The van der Waals surface area contributed by atoms with Crippen molar-refractivity contribution in [3.63, 3.8) is 0 Å². The minimum Gasteiger partial charge on any atom is -0.481 e. The average Bonchev–Trinajstić information content (AvgIpc) is 2.79. The largest absolute Gasteiger partial charge is 0.481 e. The van der Waals surface area contributed by atoms with E-state index in [2.05, 4.69) is 12.2 Å². The van der Waals surface area contributed by atoms with Gasteiger partial charge in [-0.1, -0.05) is 84.0 Å². The third-order valence-electron chi connectivity index (χ3n) is 5.80. The van der Waals surface area contributed by atoms with Crippen molar-refractivity contribution in [1.29, 1.82) is 0 Å². The number of hydrogen-bond donors (Lipinski definition) is 4. The molecule has 6 N–H and O–H groups in total. The number of amides is 1. The van der Waals surface area contributed by atoms with Gasteiger partial charge >= 0.3 is 11.9 Å². The Morgan fingerprint density at radius 2 is 1.36 bits per heavy atom. The molecule has 194 valence electrons. The van der Waals surface area contributed by atoms with Crippen molar-refractivity contribution in [1.82, 2.24) is 5.32 Å². The minimum absolute atomic E-state index is 0.0200. The molecule has 0 aromatic carbocycles. The standard InChI is InChI=1S/C25H49N3O5/c1-2-3-4-5-6-7-8-9-10-11-12-15-20-33-25(32)22(17-18-23(29)30)28-24(31)21(27)16-13-14-19-26/h21-22H,2-20,26-27H2,1H3,(H,28,31)(H,29,30). The van der Waals surface area contributed by atoms with Crippen LogP contribution in [0.15, 0.2) is 0 Å². The predicted octanol–water partition coefficient (Wildman–Crippen LogP) is 4.04. The molecule has 0 aromatic heterocycles. The van der Waals surface area contributed by atoms with Gasteiger partial charge in [-0.2, -0.15) is 0 Å². The molecule has 0 saturated heterocycles. The summed E-state index contributed by atoms with van der Waals surface area (Å²) in [6, 6.07) is -1.75. The molecule has 8 nitrogen and oxygen atoms in total. The van der Waals surface area contributed by atoms with Crippen molar-refractivity contribution in [2.45, 2.75) is 128 Å². The highest BCUT2D eigenvalue weighted by Gasteiger charge is 2.25. The van der Waals surface area contributed by atoms with E-state index in [4.69, 9.17) is 21.3 Å². The summed E-state index contributed by atoms with van der Waals surface area (Å²) in [5, 5.41) is 11.5. The lowest BCUT2D eigenvalue weighted by atomic mass is 10.1. The first-order valence-corrected chi connectivity index (χ1v) is 13.1. The molecule has 2 unspecified atom stereocenters. The van der Waals surface area contributed by atoms with Crippen LogP contribution in [0.2, 0.25) is 0 Å². The maximum absolute atomic E-state index is 12.4. The second kappa shape index (κ2) is 22.1. The molecule has 8 heteroatoms. The summed E-state index contributed by atoms with van der Waals surface area (Å²) >= 11 is 0. The Kier molecular flexibility index (Phi) is 21.0. The molecule has 2 atom stereocenters. The molecule has 0 aliphatic heterocycles. The van der Waals surface area contributed by atoms with E-state index >= 15 is 0 Å². The Morgan fingerprint density at radius 1 is 0.818 bits per heavy atom. The van der Waals surface area contributed by atoms with Gasteiger partial charge in [0.2, 0.25) is 5.91 Å². The van der Waals surface area contributed by atoms with Gasteiger partial charge in [0.05, 0.1) is 12.6 Å². The monoisotopic (exact) mass is 471 g/mol. The first-order chi connectivity index (χ1) is 15.9. The highest BCUT2D eigenvalue weighted by molar-refractivity contribution is 5.87. The number of carboxylic acids is 1. The van der Waals surface area contributed by atoms with Gasteiger partial charge in [-0.3, -0.25) is 9.59 Å². The molecule has 0 heterocycles. The first-order valence-electron chi connectivity index (χ1n) is 13.1. The van der Waals surface area contributed by atoms with Crippen LogP contribution in [0.1, 0.15) is 116 Å². The van der Waals surface area contributed by atoms with Crippen LogP contribution < -0.4 is 16.8 Å². The zero-order valence-corrected chi connectivity index (χ0v) is 20.8. The van der Waals surface area contributed by atoms with Gasteiger partial charge in [-0.15, -0.1) is 0 Å². The number of nitrogens with two attached hydrogens (primary N) is 2. The Labute approximate surface area is 200 Å². The van der Waals surface area contributed by atoms with Crippen molar-refractivity contribution in [2.75, 3.05) is 13.2 Å². The molecule has 0 rings (SSSR count). The molecule has 0 spiro atoms. The summed E-state index contributed by atoms with van der Waals surface area (Å²) in [4.78, 5) is 35.6. The van der Waals surface area contributed by atoms with Crippen molar-refractivity contribution < 1.29 is 24.2 Å². The van der Waals surface area contributed by atoms with Gasteiger partial charge in [-0.25, -0.2) is 4.79 Å².